The van der Waals surface area contributed by atoms with Gasteiger partial charge in [0.2, 0.25) is 5.95 Å². The molecule has 1 aromatic carbocycles. The zero-order chi connectivity index (χ0) is 23.1. The Morgan fingerprint density at radius 2 is 1.72 bits per heavy atom. The van der Waals surface area contributed by atoms with Crippen LogP contribution in [-0.4, -0.2) is 40.1 Å². The van der Waals surface area contributed by atoms with Gasteiger partial charge in [0, 0.05) is 16.8 Å². The lowest BCUT2D eigenvalue weighted by Gasteiger charge is -2.10. The van der Waals surface area contributed by atoms with Crippen LogP contribution in [0.1, 0.15) is 50.8 Å². The molecule has 3 rings (SSSR count). The Kier molecular flexibility index (Phi) is 8.18. The molecule has 0 saturated carbocycles. The number of hydrogen-bond acceptors (Lipinski definition) is 10. The van der Waals surface area contributed by atoms with Crippen molar-refractivity contribution in [3.05, 3.63) is 57.9 Å². The summed E-state index contributed by atoms with van der Waals surface area (Å²) in [6.07, 6.45) is 1.45. The second-order valence-corrected chi connectivity index (χ2v) is 8.70. The SMILES string of the molecule is CCOC(=O)c1cnc(Nc2nc(C)c(C(=O)OCC)s2)nc1CSc1ccc(C)cc1. The Morgan fingerprint density at radius 1 is 1.03 bits per heavy atom. The van der Waals surface area contributed by atoms with Gasteiger partial charge in [0.15, 0.2) is 5.13 Å². The summed E-state index contributed by atoms with van der Waals surface area (Å²) in [4.78, 5) is 39.0. The molecule has 168 valence electrons. The predicted octanol–water partition coefficient (Wildman–Crippen LogP) is 4.94. The first-order valence-corrected chi connectivity index (χ1v) is 11.9. The normalized spacial score (nSPS) is 10.6. The number of carbonyl (C=O) groups excluding carboxylic acids is 2. The third-order valence-electron chi connectivity index (χ3n) is 4.24. The van der Waals surface area contributed by atoms with Gasteiger partial charge in [-0.2, -0.15) is 0 Å². The number of benzene rings is 1. The molecule has 2 heterocycles. The number of aryl methyl sites for hydroxylation is 2. The molecular weight excluding hydrogens is 448 g/mol. The van der Waals surface area contributed by atoms with Crippen molar-refractivity contribution in [3.8, 4) is 0 Å². The summed E-state index contributed by atoms with van der Waals surface area (Å²) >= 11 is 2.73. The van der Waals surface area contributed by atoms with Crippen molar-refractivity contribution in [3.63, 3.8) is 0 Å². The summed E-state index contributed by atoms with van der Waals surface area (Å²) in [6.45, 7) is 7.83. The predicted molar refractivity (Wildman–Crippen MR) is 125 cm³/mol. The Labute approximate surface area is 194 Å². The van der Waals surface area contributed by atoms with E-state index in [0.717, 1.165) is 16.2 Å². The quantitative estimate of drug-likeness (QED) is 0.342. The number of aromatic nitrogens is 3. The van der Waals surface area contributed by atoms with Gasteiger partial charge in [0.05, 0.1) is 24.6 Å². The molecule has 0 atom stereocenters. The van der Waals surface area contributed by atoms with Crippen molar-refractivity contribution in [2.45, 2.75) is 38.3 Å². The van der Waals surface area contributed by atoms with Crippen LogP contribution in [-0.2, 0) is 15.2 Å². The highest BCUT2D eigenvalue weighted by Gasteiger charge is 2.19. The van der Waals surface area contributed by atoms with Gasteiger partial charge in [-0.3, -0.25) is 0 Å². The van der Waals surface area contributed by atoms with Crippen LogP contribution in [0, 0.1) is 13.8 Å². The zero-order valence-corrected chi connectivity index (χ0v) is 19.9. The fraction of sp³-hybridized carbons (Fsp3) is 0.318. The summed E-state index contributed by atoms with van der Waals surface area (Å²) < 4.78 is 10.2. The van der Waals surface area contributed by atoms with E-state index in [-0.39, 0.29) is 12.6 Å². The standard InChI is InChI=1S/C22H24N4O4S2/c1-5-29-19(27)16-11-23-21(25-17(16)12-31-15-9-7-13(3)8-10-15)26-22-24-14(4)18(32-22)20(28)30-6-2/h7-11H,5-6,12H2,1-4H3,(H,23,24,25,26). The molecule has 0 saturated heterocycles. The van der Waals surface area contributed by atoms with E-state index in [0.29, 0.717) is 39.3 Å². The molecule has 32 heavy (non-hydrogen) atoms. The number of thiazole rings is 1. The minimum Gasteiger partial charge on any atom is -0.462 e. The molecule has 10 heteroatoms. The van der Waals surface area contributed by atoms with E-state index in [4.69, 9.17) is 9.47 Å². The highest BCUT2D eigenvalue weighted by atomic mass is 32.2. The smallest absolute Gasteiger partial charge is 0.350 e. The maximum absolute atomic E-state index is 12.4. The minimum atomic E-state index is -0.465. The average Bonchev–Trinajstić information content (AvgIpc) is 3.14. The Balaban J connectivity index is 1.83. The van der Waals surface area contributed by atoms with Crippen LogP contribution in [0.5, 0.6) is 0 Å². The monoisotopic (exact) mass is 472 g/mol. The second kappa shape index (κ2) is 11.1. The zero-order valence-electron chi connectivity index (χ0n) is 18.3. The number of anilines is 2. The number of nitrogens with one attached hydrogen (secondary N) is 1. The highest BCUT2D eigenvalue weighted by Crippen LogP contribution is 2.27. The molecule has 3 aromatic rings. The van der Waals surface area contributed by atoms with Crippen LogP contribution in [0.25, 0.3) is 0 Å². The van der Waals surface area contributed by atoms with Gasteiger partial charge < -0.3 is 14.8 Å². The van der Waals surface area contributed by atoms with Crippen molar-refractivity contribution in [2.75, 3.05) is 18.5 Å². The molecule has 0 spiro atoms. The van der Waals surface area contributed by atoms with Crippen molar-refractivity contribution < 1.29 is 19.1 Å². The molecule has 0 amide bonds. The summed E-state index contributed by atoms with van der Waals surface area (Å²) in [6, 6.07) is 8.13. The third kappa shape index (κ3) is 6.04. The lowest BCUT2D eigenvalue weighted by atomic mass is 10.2. The third-order valence-corrected chi connectivity index (χ3v) is 6.31. The van der Waals surface area contributed by atoms with Gasteiger partial charge in [-0.15, -0.1) is 11.8 Å². The van der Waals surface area contributed by atoms with Crippen molar-refractivity contribution in [1.82, 2.24) is 15.0 Å². The van der Waals surface area contributed by atoms with E-state index in [9.17, 15) is 9.59 Å². The first kappa shape index (κ1) is 23.7. The fourth-order valence-electron chi connectivity index (χ4n) is 2.68. The minimum absolute atomic E-state index is 0.262. The van der Waals surface area contributed by atoms with Gasteiger partial charge in [0.1, 0.15) is 10.4 Å². The topological polar surface area (TPSA) is 103 Å². The summed E-state index contributed by atoms with van der Waals surface area (Å²) in [5, 5.41) is 3.49. The van der Waals surface area contributed by atoms with Gasteiger partial charge in [0.25, 0.3) is 0 Å². The number of hydrogen-bond donors (Lipinski definition) is 1. The number of rotatable bonds is 9. The van der Waals surface area contributed by atoms with Crippen LogP contribution in [0.15, 0.2) is 35.4 Å². The first-order chi connectivity index (χ1) is 15.4. The number of carbonyl (C=O) groups is 2. The van der Waals surface area contributed by atoms with Crippen LogP contribution >= 0.6 is 23.1 Å². The molecule has 1 N–H and O–H groups in total. The summed E-state index contributed by atoms with van der Waals surface area (Å²) in [7, 11) is 0. The van der Waals surface area contributed by atoms with E-state index in [1.807, 2.05) is 31.2 Å². The number of esters is 2. The number of thioether (sulfide) groups is 1. The lowest BCUT2D eigenvalue weighted by molar-refractivity contribution is 0.0517. The van der Waals surface area contributed by atoms with Gasteiger partial charge in [-0.05, 0) is 39.8 Å². The van der Waals surface area contributed by atoms with Crippen molar-refractivity contribution in [2.24, 2.45) is 0 Å². The second-order valence-electron chi connectivity index (χ2n) is 6.66. The maximum Gasteiger partial charge on any atom is 0.350 e. The summed E-state index contributed by atoms with van der Waals surface area (Å²) in [5.41, 5.74) is 2.61. The van der Waals surface area contributed by atoms with E-state index in [2.05, 4.69) is 20.3 Å². The molecule has 2 aromatic heterocycles. The van der Waals surface area contributed by atoms with Gasteiger partial charge in [-0.1, -0.05) is 29.0 Å². The van der Waals surface area contributed by atoms with Crippen molar-refractivity contribution in [1.29, 1.82) is 0 Å². The molecule has 0 aliphatic heterocycles. The molecule has 0 aliphatic carbocycles. The molecule has 0 bridgehead atoms. The molecule has 8 nitrogen and oxygen atoms in total. The fourth-order valence-corrected chi connectivity index (χ4v) is 4.39. The molecular formula is C22H24N4O4S2. The Hall–Kier alpha value is -2.98. The van der Waals surface area contributed by atoms with Crippen molar-refractivity contribution >= 4 is 46.1 Å². The number of nitrogens with zero attached hydrogens (tertiary/aromatic N) is 3. The maximum atomic E-state index is 12.4. The van der Waals surface area contributed by atoms with E-state index >= 15 is 0 Å². The Morgan fingerprint density at radius 3 is 2.41 bits per heavy atom. The van der Waals surface area contributed by atoms with Crippen LogP contribution < -0.4 is 5.32 Å². The van der Waals surface area contributed by atoms with E-state index in [1.165, 1.54) is 11.8 Å². The van der Waals surface area contributed by atoms with E-state index in [1.54, 1.807) is 32.5 Å². The average molecular weight is 473 g/mol. The van der Waals surface area contributed by atoms with Crippen LogP contribution in [0.3, 0.4) is 0 Å². The number of ether oxygens (including phenoxy) is 2. The molecule has 0 radical (unpaired) electrons. The molecule has 0 fully saturated rings. The Bertz CT molecular complexity index is 1100. The summed E-state index contributed by atoms with van der Waals surface area (Å²) in [5.74, 6) is -0.140. The largest absolute Gasteiger partial charge is 0.462 e. The molecule has 0 unspecified atom stereocenters. The van der Waals surface area contributed by atoms with Crippen LogP contribution in [0.2, 0.25) is 0 Å². The highest BCUT2D eigenvalue weighted by molar-refractivity contribution is 7.98. The lowest BCUT2D eigenvalue weighted by Crippen LogP contribution is -2.11. The van der Waals surface area contributed by atoms with E-state index < -0.39 is 11.9 Å². The molecule has 0 aliphatic rings. The first-order valence-electron chi connectivity index (χ1n) is 10.0. The van der Waals surface area contributed by atoms with Gasteiger partial charge >= 0.3 is 11.9 Å². The van der Waals surface area contributed by atoms with Gasteiger partial charge in [-0.25, -0.2) is 24.5 Å². The van der Waals surface area contributed by atoms with Crippen LogP contribution in [0.4, 0.5) is 11.1 Å².